The lowest BCUT2D eigenvalue weighted by molar-refractivity contribution is -0.121. The molecule has 1 amide bonds. The summed E-state index contributed by atoms with van der Waals surface area (Å²) < 4.78 is 3.16. The molecule has 0 atom stereocenters. The van der Waals surface area contributed by atoms with Crippen molar-refractivity contribution in [3.8, 4) is 5.82 Å². The van der Waals surface area contributed by atoms with Gasteiger partial charge in [0.25, 0.3) is 5.56 Å². The van der Waals surface area contributed by atoms with Crippen molar-refractivity contribution in [1.82, 2.24) is 29.6 Å². The van der Waals surface area contributed by atoms with Gasteiger partial charge in [0.1, 0.15) is 12.4 Å². The number of para-hydroxylation sites is 1. The fourth-order valence-corrected chi connectivity index (χ4v) is 2.87. The second-order valence-corrected chi connectivity index (χ2v) is 6.34. The van der Waals surface area contributed by atoms with Crippen LogP contribution >= 0.6 is 0 Å². The van der Waals surface area contributed by atoms with Crippen LogP contribution in [-0.2, 0) is 11.3 Å². The average molecular weight is 389 g/mol. The van der Waals surface area contributed by atoms with Crippen LogP contribution in [0.5, 0.6) is 0 Å². The predicted octanol–water partition coefficient (Wildman–Crippen LogP) is 1.21. The molecule has 2 N–H and O–H groups in total. The fourth-order valence-electron chi connectivity index (χ4n) is 2.87. The topological polar surface area (TPSA) is 107 Å². The summed E-state index contributed by atoms with van der Waals surface area (Å²) in [5.74, 6) is 1.08. The van der Waals surface area contributed by atoms with Crippen molar-refractivity contribution < 1.29 is 4.79 Å². The second-order valence-electron chi connectivity index (χ2n) is 6.34. The first-order chi connectivity index (χ1) is 14.2. The van der Waals surface area contributed by atoms with E-state index in [-0.39, 0.29) is 18.0 Å². The van der Waals surface area contributed by atoms with Crippen molar-refractivity contribution in [2.24, 2.45) is 0 Å². The number of fused-ring (bicyclic) bond motifs is 1. The summed E-state index contributed by atoms with van der Waals surface area (Å²) in [5.41, 5.74) is 0.379. The third-order valence-electron chi connectivity index (χ3n) is 4.32. The molecule has 0 aliphatic rings. The van der Waals surface area contributed by atoms with Crippen LogP contribution in [0, 0.1) is 0 Å². The Labute approximate surface area is 166 Å². The van der Waals surface area contributed by atoms with Gasteiger partial charge in [0.05, 0.1) is 17.2 Å². The molecule has 0 saturated carbocycles. The fraction of sp³-hybridized carbons (Fsp3) is 0.150. The zero-order chi connectivity index (χ0) is 20.1. The minimum absolute atomic E-state index is 0.0813. The third kappa shape index (κ3) is 4.29. The van der Waals surface area contributed by atoms with Crippen LogP contribution in [0.3, 0.4) is 0 Å². The molecular weight excluding hydrogens is 370 g/mol. The average Bonchev–Trinajstić information content (AvgIpc) is 3.29. The third-order valence-corrected chi connectivity index (χ3v) is 4.32. The van der Waals surface area contributed by atoms with Crippen molar-refractivity contribution in [3.63, 3.8) is 0 Å². The van der Waals surface area contributed by atoms with Crippen LogP contribution in [-0.4, -0.2) is 43.3 Å². The summed E-state index contributed by atoms with van der Waals surface area (Å²) in [7, 11) is 0. The Bertz CT molecular complexity index is 1170. The van der Waals surface area contributed by atoms with Crippen LogP contribution in [0.1, 0.15) is 0 Å². The van der Waals surface area contributed by atoms with Crippen molar-refractivity contribution in [1.29, 1.82) is 0 Å². The highest BCUT2D eigenvalue weighted by Crippen LogP contribution is 2.06. The highest BCUT2D eigenvalue weighted by molar-refractivity contribution is 5.78. The predicted molar refractivity (Wildman–Crippen MR) is 109 cm³/mol. The molecule has 29 heavy (non-hydrogen) atoms. The number of aromatic nitrogens is 5. The maximum atomic E-state index is 12.4. The van der Waals surface area contributed by atoms with Gasteiger partial charge < -0.3 is 15.2 Å². The van der Waals surface area contributed by atoms with E-state index in [9.17, 15) is 9.59 Å². The van der Waals surface area contributed by atoms with Gasteiger partial charge in [-0.25, -0.2) is 4.98 Å². The zero-order valence-electron chi connectivity index (χ0n) is 15.5. The first-order valence-electron chi connectivity index (χ1n) is 9.12. The number of carbonyl (C=O) groups excluding carboxylic acids is 1. The SMILES string of the molecule is O=C(Cn1cnc2ccccc2c1=O)NCCNc1ccc(-n2cccc2)nn1. The highest BCUT2D eigenvalue weighted by Gasteiger charge is 2.07. The molecule has 146 valence electrons. The Morgan fingerprint density at radius 1 is 0.966 bits per heavy atom. The molecule has 0 spiro atoms. The van der Waals surface area contributed by atoms with Gasteiger partial charge in [-0.05, 0) is 36.4 Å². The molecule has 0 radical (unpaired) electrons. The molecule has 4 aromatic rings. The number of anilines is 1. The minimum atomic E-state index is -0.264. The van der Waals surface area contributed by atoms with Gasteiger partial charge in [-0.2, -0.15) is 0 Å². The van der Waals surface area contributed by atoms with E-state index >= 15 is 0 Å². The maximum Gasteiger partial charge on any atom is 0.261 e. The number of hydrogen-bond donors (Lipinski definition) is 2. The molecule has 9 heteroatoms. The number of nitrogens with one attached hydrogen (secondary N) is 2. The number of hydrogen-bond acceptors (Lipinski definition) is 6. The summed E-state index contributed by atoms with van der Waals surface area (Å²) in [4.78, 5) is 28.7. The molecule has 1 aromatic carbocycles. The van der Waals surface area contributed by atoms with Crippen LogP contribution in [0.4, 0.5) is 5.82 Å². The zero-order valence-corrected chi connectivity index (χ0v) is 15.5. The van der Waals surface area contributed by atoms with Gasteiger partial charge in [-0.3, -0.25) is 14.2 Å². The van der Waals surface area contributed by atoms with Gasteiger partial charge in [-0.1, -0.05) is 12.1 Å². The van der Waals surface area contributed by atoms with E-state index in [2.05, 4.69) is 25.8 Å². The Morgan fingerprint density at radius 2 is 1.79 bits per heavy atom. The van der Waals surface area contributed by atoms with E-state index in [0.717, 1.165) is 5.82 Å². The van der Waals surface area contributed by atoms with Crippen LogP contribution < -0.4 is 16.2 Å². The lowest BCUT2D eigenvalue weighted by Gasteiger charge is -2.09. The highest BCUT2D eigenvalue weighted by atomic mass is 16.2. The number of benzene rings is 1. The van der Waals surface area contributed by atoms with E-state index in [1.54, 1.807) is 18.2 Å². The van der Waals surface area contributed by atoms with E-state index < -0.39 is 0 Å². The Balaban J connectivity index is 1.26. The van der Waals surface area contributed by atoms with Crippen LogP contribution in [0.15, 0.2) is 72.0 Å². The molecular formula is C20H19N7O2. The molecule has 9 nitrogen and oxygen atoms in total. The minimum Gasteiger partial charge on any atom is -0.367 e. The van der Waals surface area contributed by atoms with E-state index in [0.29, 0.717) is 29.8 Å². The molecule has 0 aliphatic heterocycles. The quantitative estimate of drug-likeness (QED) is 0.460. The van der Waals surface area contributed by atoms with Gasteiger partial charge in [-0.15, -0.1) is 10.2 Å². The van der Waals surface area contributed by atoms with Crippen molar-refractivity contribution in [3.05, 3.63) is 77.6 Å². The first-order valence-corrected chi connectivity index (χ1v) is 9.12. The molecule has 3 aromatic heterocycles. The second kappa shape index (κ2) is 8.34. The summed E-state index contributed by atoms with van der Waals surface area (Å²) in [6.07, 6.45) is 5.18. The molecule has 4 rings (SSSR count). The standard InChI is InChI=1S/C20H19N7O2/c28-19(13-27-14-23-16-6-2-1-5-15(16)20(27)29)22-10-9-21-17-7-8-18(25-24-17)26-11-3-4-12-26/h1-8,11-12,14H,9-10,13H2,(H,21,24)(H,22,28). The molecule has 0 saturated heterocycles. The number of carbonyl (C=O) groups is 1. The maximum absolute atomic E-state index is 12.4. The summed E-state index contributed by atoms with van der Waals surface area (Å²) >= 11 is 0. The monoisotopic (exact) mass is 389 g/mol. The van der Waals surface area contributed by atoms with E-state index in [1.165, 1.54) is 10.9 Å². The lowest BCUT2D eigenvalue weighted by atomic mass is 10.2. The Hall–Kier alpha value is -4.01. The van der Waals surface area contributed by atoms with Crippen molar-refractivity contribution in [2.75, 3.05) is 18.4 Å². The van der Waals surface area contributed by atoms with Crippen molar-refractivity contribution >= 4 is 22.6 Å². The van der Waals surface area contributed by atoms with Gasteiger partial charge >= 0.3 is 0 Å². The van der Waals surface area contributed by atoms with E-state index in [1.807, 2.05) is 47.3 Å². The lowest BCUT2D eigenvalue weighted by Crippen LogP contribution is -2.35. The largest absolute Gasteiger partial charge is 0.367 e. The van der Waals surface area contributed by atoms with E-state index in [4.69, 9.17) is 0 Å². The smallest absolute Gasteiger partial charge is 0.261 e. The number of nitrogens with zero attached hydrogens (tertiary/aromatic N) is 5. The molecule has 0 unspecified atom stereocenters. The summed E-state index contributed by atoms with van der Waals surface area (Å²) in [6.45, 7) is 0.784. The number of rotatable bonds is 7. The normalized spacial score (nSPS) is 10.8. The number of amides is 1. The van der Waals surface area contributed by atoms with Gasteiger partial charge in [0.15, 0.2) is 5.82 Å². The van der Waals surface area contributed by atoms with Crippen LogP contribution in [0.2, 0.25) is 0 Å². The van der Waals surface area contributed by atoms with Gasteiger partial charge in [0, 0.05) is 25.5 Å². The summed E-state index contributed by atoms with van der Waals surface area (Å²) in [5, 5.41) is 14.6. The molecule has 3 heterocycles. The molecule has 0 aliphatic carbocycles. The Kier molecular flexibility index (Phi) is 5.28. The molecule has 0 fully saturated rings. The van der Waals surface area contributed by atoms with Crippen LogP contribution in [0.25, 0.3) is 16.7 Å². The molecule has 0 bridgehead atoms. The van der Waals surface area contributed by atoms with Crippen molar-refractivity contribution in [2.45, 2.75) is 6.54 Å². The first kappa shape index (κ1) is 18.4. The summed E-state index contributed by atoms with van der Waals surface area (Å²) in [6, 6.07) is 14.6. The Morgan fingerprint density at radius 3 is 2.59 bits per heavy atom. The van der Waals surface area contributed by atoms with Gasteiger partial charge in [0.2, 0.25) is 5.91 Å².